The van der Waals surface area contributed by atoms with Crippen molar-refractivity contribution in [2.45, 2.75) is 0 Å². The second-order valence-corrected chi connectivity index (χ2v) is 6.86. The van der Waals surface area contributed by atoms with Crippen molar-refractivity contribution < 1.29 is 14.3 Å². The van der Waals surface area contributed by atoms with Crippen LogP contribution in [0.1, 0.15) is 20.8 Å². The summed E-state index contributed by atoms with van der Waals surface area (Å²) in [7, 11) is 1.54. The Morgan fingerprint density at radius 2 is 1.37 bits per heavy atom. The van der Waals surface area contributed by atoms with Gasteiger partial charge in [-0.05, 0) is 17.0 Å². The third-order valence-electron chi connectivity index (χ3n) is 4.99. The van der Waals surface area contributed by atoms with Gasteiger partial charge in [0.1, 0.15) is 5.69 Å². The third kappa shape index (κ3) is 3.53. The zero-order valence-corrected chi connectivity index (χ0v) is 16.4. The van der Waals surface area contributed by atoms with E-state index in [-0.39, 0.29) is 17.0 Å². The van der Waals surface area contributed by atoms with Crippen molar-refractivity contribution in [3.05, 3.63) is 107 Å². The molecule has 0 amide bonds. The molecule has 4 rings (SSSR count). The van der Waals surface area contributed by atoms with Crippen LogP contribution in [0, 0.1) is 0 Å². The summed E-state index contributed by atoms with van der Waals surface area (Å²) in [5, 5.41) is 1.17. The van der Waals surface area contributed by atoms with Gasteiger partial charge >= 0.3 is 5.97 Å². The summed E-state index contributed by atoms with van der Waals surface area (Å²) in [6.07, 6.45) is 0. The number of benzene rings is 3. The van der Waals surface area contributed by atoms with E-state index in [9.17, 15) is 14.4 Å². The van der Waals surface area contributed by atoms with Gasteiger partial charge in [0.25, 0.3) is 5.56 Å². The summed E-state index contributed by atoms with van der Waals surface area (Å²) in [4.78, 5) is 38.3. The van der Waals surface area contributed by atoms with E-state index in [4.69, 9.17) is 4.74 Å². The summed E-state index contributed by atoms with van der Waals surface area (Å²) in [5.41, 5.74) is 1.66. The van der Waals surface area contributed by atoms with E-state index < -0.39 is 12.6 Å². The lowest BCUT2D eigenvalue weighted by Crippen LogP contribution is -2.27. The van der Waals surface area contributed by atoms with Gasteiger partial charge in [0.05, 0.1) is 0 Å². The largest absolute Gasteiger partial charge is 0.453 e. The Hall–Kier alpha value is -3.99. The molecule has 1 aromatic heterocycles. The van der Waals surface area contributed by atoms with Gasteiger partial charge in [0.2, 0.25) is 0 Å². The number of fused-ring (bicyclic) bond motifs is 1. The molecule has 0 aliphatic carbocycles. The molecule has 3 aromatic carbocycles. The molecule has 0 saturated carbocycles. The molecule has 0 radical (unpaired) electrons. The molecule has 148 valence electrons. The average molecular weight is 397 g/mol. The summed E-state index contributed by atoms with van der Waals surface area (Å²) < 4.78 is 6.63. The Labute approximate surface area is 173 Å². The van der Waals surface area contributed by atoms with Crippen LogP contribution in [0.3, 0.4) is 0 Å². The van der Waals surface area contributed by atoms with Gasteiger partial charge in [-0.3, -0.25) is 9.59 Å². The van der Waals surface area contributed by atoms with Crippen molar-refractivity contribution in [2.24, 2.45) is 7.05 Å². The number of carbonyl (C=O) groups excluding carboxylic acids is 2. The van der Waals surface area contributed by atoms with Crippen LogP contribution in [0.2, 0.25) is 0 Å². The molecule has 5 nitrogen and oxygen atoms in total. The summed E-state index contributed by atoms with van der Waals surface area (Å²) in [6.45, 7) is -0.405. The third-order valence-corrected chi connectivity index (χ3v) is 4.99. The van der Waals surface area contributed by atoms with Gasteiger partial charge in [-0.1, -0.05) is 78.9 Å². The van der Waals surface area contributed by atoms with Crippen LogP contribution in [0.25, 0.3) is 21.9 Å². The molecule has 0 bridgehead atoms. The van der Waals surface area contributed by atoms with Crippen LogP contribution < -0.4 is 5.56 Å². The highest BCUT2D eigenvalue weighted by atomic mass is 16.5. The minimum atomic E-state index is -0.719. The quantitative estimate of drug-likeness (QED) is 0.373. The molecule has 0 atom stereocenters. The predicted octanol–water partition coefficient (Wildman–Crippen LogP) is 4.25. The Morgan fingerprint density at radius 1 is 0.800 bits per heavy atom. The Morgan fingerprint density at radius 3 is 2.03 bits per heavy atom. The van der Waals surface area contributed by atoms with Crippen LogP contribution in [0.15, 0.2) is 89.7 Å². The van der Waals surface area contributed by atoms with E-state index in [1.165, 1.54) is 11.6 Å². The monoisotopic (exact) mass is 397 g/mol. The van der Waals surface area contributed by atoms with Gasteiger partial charge in [-0.2, -0.15) is 0 Å². The number of esters is 1. The van der Waals surface area contributed by atoms with Crippen LogP contribution in [0.4, 0.5) is 0 Å². The first-order chi connectivity index (χ1) is 14.6. The van der Waals surface area contributed by atoms with Gasteiger partial charge < -0.3 is 9.30 Å². The lowest BCUT2D eigenvalue weighted by atomic mass is 9.97. The minimum Gasteiger partial charge on any atom is -0.453 e. The first-order valence-corrected chi connectivity index (χ1v) is 9.50. The number of hydrogen-bond acceptors (Lipinski definition) is 4. The SMILES string of the molecule is Cn1c(C(=O)OCC(=O)c2ccccc2)c(-c2ccccc2)c2ccccc2c1=O. The number of carbonyl (C=O) groups is 2. The number of Topliss-reactive ketones (excluding diaryl/α,β-unsaturated/α-hetero) is 1. The number of ether oxygens (including phenoxy) is 1. The van der Waals surface area contributed by atoms with E-state index in [2.05, 4.69) is 0 Å². The van der Waals surface area contributed by atoms with E-state index in [0.29, 0.717) is 21.9 Å². The molecule has 0 saturated heterocycles. The molecule has 4 aromatic rings. The average Bonchev–Trinajstić information content (AvgIpc) is 2.80. The molecule has 0 unspecified atom stereocenters. The molecule has 5 heteroatoms. The van der Waals surface area contributed by atoms with Gasteiger partial charge in [0, 0.05) is 23.6 Å². The number of rotatable bonds is 5. The molecule has 1 heterocycles. The fraction of sp³-hybridized carbons (Fsp3) is 0.0800. The Bertz CT molecular complexity index is 1290. The zero-order valence-electron chi connectivity index (χ0n) is 16.4. The second kappa shape index (κ2) is 8.17. The lowest BCUT2D eigenvalue weighted by molar-refractivity contribution is 0.0465. The zero-order chi connectivity index (χ0) is 21.1. The number of pyridine rings is 1. The second-order valence-electron chi connectivity index (χ2n) is 6.86. The summed E-state index contributed by atoms with van der Waals surface area (Å²) in [5.74, 6) is -1.03. The highest BCUT2D eigenvalue weighted by Crippen LogP contribution is 2.30. The highest BCUT2D eigenvalue weighted by molar-refractivity contribution is 6.07. The number of aromatic nitrogens is 1. The standard InChI is InChI=1S/C25H19NO4/c1-26-23(25(29)30-16-21(27)17-10-4-2-5-11-17)22(18-12-6-3-7-13-18)19-14-8-9-15-20(19)24(26)28/h2-15H,16H2,1H3. The molecule has 0 spiro atoms. The Balaban J connectivity index is 1.80. The summed E-state index contributed by atoms with van der Waals surface area (Å²) in [6, 6.07) is 25.1. The highest BCUT2D eigenvalue weighted by Gasteiger charge is 2.23. The molecule has 30 heavy (non-hydrogen) atoms. The summed E-state index contributed by atoms with van der Waals surface area (Å²) >= 11 is 0. The number of hydrogen-bond donors (Lipinski definition) is 0. The van der Waals surface area contributed by atoms with Gasteiger partial charge in [-0.15, -0.1) is 0 Å². The Kier molecular flexibility index (Phi) is 5.26. The van der Waals surface area contributed by atoms with Gasteiger partial charge in [-0.25, -0.2) is 4.79 Å². The maximum Gasteiger partial charge on any atom is 0.356 e. The van der Waals surface area contributed by atoms with E-state index in [1.54, 1.807) is 42.5 Å². The predicted molar refractivity (Wildman–Crippen MR) is 116 cm³/mol. The topological polar surface area (TPSA) is 65.4 Å². The fourth-order valence-electron chi connectivity index (χ4n) is 3.51. The molecule has 0 N–H and O–H groups in total. The molecule has 0 aliphatic rings. The van der Waals surface area contributed by atoms with Gasteiger partial charge in [0.15, 0.2) is 12.4 Å². The first kappa shape index (κ1) is 19.3. The van der Waals surface area contributed by atoms with E-state index in [1.807, 2.05) is 42.5 Å². The fourth-order valence-corrected chi connectivity index (χ4v) is 3.51. The molecule has 0 aliphatic heterocycles. The van der Waals surface area contributed by atoms with Crippen LogP contribution in [-0.4, -0.2) is 22.9 Å². The maximum absolute atomic E-state index is 13.1. The van der Waals surface area contributed by atoms with Crippen molar-refractivity contribution >= 4 is 22.5 Å². The van der Waals surface area contributed by atoms with Crippen LogP contribution >= 0.6 is 0 Å². The number of ketones is 1. The minimum absolute atomic E-state index is 0.116. The first-order valence-electron chi connectivity index (χ1n) is 9.50. The van der Waals surface area contributed by atoms with Crippen molar-refractivity contribution in [2.75, 3.05) is 6.61 Å². The molecular formula is C25H19NO4. The van der Waals surface area contributed by atoms with Crippen molar-refractivity contribution in [3.8, 4) is 11.1 Å². The van der Waals surface area contributed by atoms with E-state index >= 15 is 0 Å². The van der Waals surface area contributed by atoms with E-state index in [0.717, 1.165) is 5.56 Å². The molecule has 0 fully saturated rings. The van der Waals surface area contributed by atoms with Crippen LogP contribution in [-0.2, 0) is 11.8 Å². The number of nitrogens with zero attached hydrogens (tertiary/aromatic N) is 1. The molecular weight excluding hydrogens is 378 g/mol. The van der Waals surface area contributed by atoms with Crippen molar-refractivity contribution in [1.82, 2.24) is 4.57 Å². The maximum atomic E-state index is 13.1. The normalized spacial score (nSPS) is 10.7. The van der Waals surface area contributed by atoms with Crippen molar-refractivity contribution in [1.29, 1.82) is 0 Å². The lowest BCUT2D eigenvalue weighted by Gasteiger charge is -2.16. The van der Waals surface area contributed by atoms with Crippen molar-refractivity contribution in [3.63, 3.8) is 0 Å². The smallest absolute Gasteiger partial charge is 0.356 e. The van der Waals surface area contributed by atoms with Crippen LogP contribution in [0.5, 0.6) is 0 Å².